The molecule has 2 rings (SSSR count). The van der Waals surface area contributed by atoms with Crippen LogP contribution in [0.5, 0.6) is 5.75 Å². The Bertz CT molecular complexity index is 406. The molecule has 0 N–H and O–H groups in total. The largest absolute Gasteiger partial charge is 0.489 e. The maximum atomic E-state index is 12.9. The number of hydrogen-bond donors (Lipinski definition) is 0. The van der Waals surface area contributed by atoms with E-state index in [9.17, 15) is 13.2 Å². The summed E-state index contributed by atoms with van der Waals surface area (Å²) in [5.74, 6) is 0.0450. The maximum Gasteiger partial charge on any atom is 0.419 e. The summed E-state index contributed by atoms with van der Waals surface area (Å²) in [5, 5.41) is 0. The molecule has 0 aromatic heterocycles. The van der Waals surface area contributed by atoms with E-state index in [4.69, 9.17) is 4.74 Å². The number of alkyl halides is 3. The summed E-state index contributed by atoms with van der Waals surface area (Å²) < 4.78 is 44.1. The highest BCUT2D eigenvalue weighted by atomic mass is 19.4. The van der Waals surface area contributed by atoms with Crippen molar-refractivity contribution in [2.75, 3.05) is 0 Å². The van der Waals surface area contributed by atoms with E-state index in [1.54, 1.807) is 6.07 Å². The SMILES string of the molecule is CC(C)c1cccc(C(F)(F)F)c1OC1CC1. The zero-order chi connectivity index (χ0) is 12.6. The first kappa shape index (κ1) is 12.3. The molecule has 0 atom stereocenters. The average molecular weight is 244 g/mol. The Hall–Kier alpha value is -1.19. The van der Waals surface area contributed by atoms with Gasteiger partial charge in [-0.15, -0.1) is 0 Å². The smallest absolute Gasteiger partial charge is 0.419 e. The first-order valence-electron chi connectivity index (χ1n) is 5.76. The number of hydrogen-bond acceptors (Lipinski definition) is 1. The molecule has 0 unspecified atom stereocenters. The third-order valence-electron chi connectivity index (χ3n) is 2.78. The second-order valence-corrected chi connectivity index (χ2v) is 4.69. The van der Waals surface area contributed by atoms with Crippen molar-refractivity contribution in [3.05, 3.63) is 29.3 Å². The van der Waals surface area contributed by atoms with Crippen molar-refractivity contribution >= 4 is 0 Å². The molecule has 1 fully saturated rings. The topological polar surface area (TPSA) is 9.23 Å². The molecule has 0 amide bonds. The highest BCUT2D eigenvalue weighted by molar-refractivity contribution is 5.45. The van der Waals surface area contributed by atoms with Crippen LogP contribution in [0.3, 0.4) is 0 Å². The van der Waals surface area contributed by atoms with Crippen molar-refractivity contribution in [3.8, 4) is 5.75 Å². The minimum Gasteiger partial charge on any atom is -0.489 e. The number of benzene rings is 1. The Kier molecular flexibility index (Phi) is 3.06. The minimum absolute atomic E-state index is 0.0195. The lowest BCUT2D eigenvalue weighted by atomic mass is 9.99. The van der Waals surface area contributed by atoms with Crippen LogP contribution in [-0.2, 0) is 6.18 Å². The van der Waals surface area contributed by atoms with Crippen LogP contribution in [0.25, 0.3) is 0 Å². The number of halogens is 3. The zero-order valence-electron chi connectivity index (χ0n) is 9.84. The van der Waals surface area contributed by atoms with E-state index in [0.29, 0.717) is 5.56 Å². The van der Waals surface area contributed by atoms with Crippen molar-refractivity contribution in [2.45, 2.75) is 44.9 Å². The summed E-state index contributed by atoms with van der Waals surface area (Å²) in [6, 6.07) is 4.24. The van der Waals surface area contributed by atoms with Crippen LogP contribution in [0.4, 0.5) is 13.2 Å². The second kappa shape index (κ2) is 4.24. The van der Waals surface area contributed by atoms with Gasteiger partial charge in [0.15, 0.2) is 0 Å². The van der Waals surface area contributed by atoms with E-state index in [1.807, 2.05) is 13.8 Å². The Morgan fingerprint density at radius 2 is 1.88 bits per heavy atom. The lowest BCUT2D eigenvalue weighted by Gasteiger charge is -2.19. The number of rotatable bonds is 3. The van der Waals surface area contributed by atoms with Crippen LogP contribution < -0.4 is 4.74 Å². The van der Waals surface area contributed by atoms with Gasteiger partial charge in [-0.2, -0.15) is 13.2 Å². The summed E-state index contributed by atoms with van der Waals surface area (Å²) in [4.78, 5) is 0. The molecule has 1 nitrogen and oxygen atoms in total. The molecule has 94 valence electrons. The molecule has 1 aromatic rings. The van der Waals surface area contributed by atoms with Gasteiger partial charge in [0.05, 0.1) is 11.7 Å². The number of ether oxygens (including phenoxy) is 1. The first-order chi connectivity index (χ1) is 7.89. The van der Waals surface area contributed by atoms with Crippen molar-refractivity contribution < 1.29 is 17.9 Å². The summed E-state index contributed by atoms with van der Waals surface area (Å²) in [6.07, 6.45) is -2.68. The van der Waals surface area contributed by atoms with Crippen molar-refractivity contribution in [3.63, 3.8) is 0 Å². The lowest BCUT2D eigenvalue weighted by Crippen LogP contribution is -2.12. The molecule has 0 saturated heterocycles. The third-order valence-corrected chi connectivity index (χ3v) is 2.78. The highest BCUT2D eigenvalue weighted by Crippen LogP contribution is 2.42. The molecule has 0 radical (unpaired) electrons. The Labute approximate surface area is 98.6 Å². The minimum atomic E-state index is -4.35. The fourth-order valence-electron chi connectivity index (χ4n) is 1.72. The molecular formula is C13H15F3O. The van der Waals surface area contributed by atoms with Crippen LogP contribution in [0, 0.1) is 0 Å². The third kappa shape index (κ3) is 2.73. The van der Waals surface area contributed by atoms with Crippen LogP contribution in [0.15, 0.2) is 18.2 Å². The highest BCUT2D eigenvalue weighted by Gasteiger charge is 2.37. The van der Waals surface area contributed by atoms with Gasteiger partial charge in [0, 0.05) is 0 Å². The van der Waals surface area contributed by atoms with Gasteiger partial charge in [-0.25, -0.2) is 0 Å². The predicted molar refractivity (Wildman–Crippen MR) is 59.2 cm³/mol. The monoisotopic (exact) mass is 244 g/mol. The van der Waals surface area contributed by atoms with Gasteiger partial charge in [0.25, 0.3) is 0 Å². The quantitative estimate of drug-likeness (QED) is 0.767. The van der Waals surface area contributed by atoms with Gasteiger partial charge in [-0.05, 0) is 30.4 Å². The second-order valence-electron chi connectivity index (χ2n) is 4.69. The molecule has 0 heterocycles. The standard InChI is InChI=1S/C13H15F3O/c1-8(2)10-4-3-5-11(13(14,15)16)12(10)17-9-6-7-9/h3-5,8-9H,6-7H2,1-2H3. The Balaban J connectivity index is 2.45. The van der Waals surface area contributed by atoms with Gasteiger partial charge in [-0.1, -0.05) is 26.0 Å². The van der Waals surface area contributed by atoms with E-state index in [1.165, 1.54) is 6.07 Å². The normalized spacial score (nSPS) is 16.4. The summed E-state index contributed by atoms with van der Waals surface area (Å²) in [5.41, 5.74) is -0.0256. The molecule has 0 spiro atoms. The van der Waals surface area contributed by atoms with E-state index in [0.717, 1.165) is 18.9 Å². The van der Waals surface area contributed by atoms with Gasteiger partial charge in [0.1, 0.15) is 5.75 Å². The molecule has 1 aromatic carbocycles. The van der Waals surface area contributed by atoms with Crippen LogP contribution in [0.1, 0.15) is 43.7 Å². The molecule has 0 bridgehead atoms. The number of para-hydroxylation sites is 1. The van der Waals surface area contributed by atoms with Crippen molar-refractivity contribution in [1.82, 2.24) is 0 Å². The molecule has 1 aliphatic carbocycles. The Morgan fingerprint density at radius 3 is 2.35 bits per heavy atom. The van der Waals surface area contributed by atoms with Gasteiger partial charge in [0.2, 0.25) is 0 Å². The van der Waals surface area contributed by atoms with E-state index >= 15 is 0 Å². The Morgan fingerprint density at radius 1 is 1.24 bits per heavy atom. The molecule has 0 aliphatic heterocycles. The molecule has 1 aliphatic rings. The summed E-state index contributed by atoms with van der Waals surface area (Å²) in [7, 11) is 0. The van der Waals surface area contributed by atoms with Gasteiger partial charge < -0.3 is 4.74 Å². The van der Waals surface area contributed by atoms with Crippen LogP contribution >= 0.6 is 0 Å². The predicted octanol–water partition coefficient (Wildman–Crippen LogP) is 4.37. The van der Waals surface area contributed by atoms with E-state index < -0.39 is 11.7 Å². The van der Waals surface area contributed by atoms with E-state index in [2.05, 4.69) is 0 Å². The van der Waals surface area contributed by atoms with Crippen LogP contribution in [0.2, 0.25) is 0 Å². The molecular weight excluding hydrogens is 229 g/mol. The first-order valence-corrected chi connectivity index (χ1v) is 5.76. The summed E-state index contributed by atoms with van der Waals surface area (Å²) in [6.45, 7) is 3.74. The molecule has 17 heavy (non-hydrogen) atoms. The fraction of sp³-hybridized carbons (Fsp3) is 0.538. The van der Waals surface area contributed by atoms with E-state index in [-0.39, 0.29) is 17.8 Å². The summed E-state index contributed by atoms with van der Waals surface area (Å²) >= 11 is 0. The zero-order valence-corrected chi connectivity index (χ0v) is 9.84. The van der Waals surface area contributed by atoms with Gasteiger partial charge in [-0.3, -0.25) is 0 Å². The fourth-order valence-corrected chi connectivity index (χ4v) is 1.72. The average Bonchev–Trinajstić information content (AvgIpc) is 3.00. The van der Waals surface area contributed by atoms with Crippen molar-refractivity contribution in [2.24, 2.45) is 0 Å². The molecule has 4 heteroatoms. The van der Waals surface area contributed by atoms with Gasteiger partial charge >= 0.3 is 6.18 Å². The lowest BCUT2D eigenvalue weighted by molar-refractivity contribution is -0.139. The maximum absolute atomic E-state index is 12.9. The molecule has 1 saturated carbocycles. The van der Waals surface area contributed by atoms with Crippen LogP contribution in [-0.4, -0.2) is 6.10 Å². The van der Waals surface area contributed by atoms with Crippen molar-refractivity contribution in [1.29, 1.82) is 0 Å².